The predicted octanol–water partition coefficient (Wildman–Crippen LogP) is 5.13. The molecule has 3 aromatic carbocycles. The minimum absolute atomic E-state index is 0.172. The van der Waals surface area contributed by atoms with Crippen LogP contribution < -0.4 is 16.1 Å². The summed E-state index contributed by atoms with van der Waals surface area (Å²) in [5, 5.41) is 42.8. The van der Waals surface area contributed by atoms with Gasteiger partial charge in [0.05, 0.1) is 5.69 Å². The first-order chi connectivity index (χ1) is 23.0. The Morgan fingerprint density at radius 2 is 1.60 bits per heavy atom. The Kier molecular flexibility index (Phi) is 19.4. The highest BCUT2D eigenvalue weighted by Gasteiger charge is 2.18. The molecule has 48 heavy (non-hydrogen) atoms. The van der Waals surface area contributed by atoms with Gasteiger partial charge in [0, 0.05) is 35.7 Å². The van der Waals surface area contributed by atoms with E-state index in [2.05, 4.69) is 45.8 Å². The fourth-order valence-electron chi connectivity index (χ4n) is 4.28. The number of nitrogens with zero attached hydrogens (tertiary/aromatic N) is 3. The van der Waals surface area contributed by atoms with E-state index in [-0.39, 0.29) is 11.7 Å². The first kappa shape index (κ1) is 41.7. The summed E-state index contributed by atoms with van der Waals surface area (Å²) < 4.78 is 2.06. The number of nitrogens with one attached hydrogen (secondary N) is 2. The standard InChI is InChI=1S/C22H24ClN3O.C10H15BN2O3.C2H4O.C2H6/c1-5-14(2)12-22-25-24-16(4)26(22)21-11-10-19(27)13-20(21)15(3)17-6-8-18(23)9-7-17;1-12-6-7-13-10(14)8-2-4-9(5-3-8)11(15)16;1-2-3;1-2/h6-11,13-14,27H,3,5,12H2,1-2,4H3;2-5,12,15-16H,6-7H2,1H3,(H,13,14);2H,1H3;1-2H3. The van der Waals surface area contributed by atoms with E-state index < -0.39 is 7.12 Å². The Morgan fingerprint density at radius 1 is 1.02 bits per heavy atom. The van der Waals surface area contributed by atoms with Crippen LogP contribution in [0, 0.1) is 12.8 Å². The second-order valence-electron chi connectivity index (χ2n) is 10.5. The Morgan fingerprint density at radius 3 is 2.15 bits per heavy atom. The minimum Gasteiger partial charge on any atom is -0.508 e. The van der Waals surface area contributed by atoms with Gasteiger partial charge in [-0.2, -0.15) is 0 Å². The van der Waals surface area contributed by atoms with Crippen molar-refractivity contribution in [2.45, 2.75) is 54.4 Å². The zero-order valence-electron chi connectivity index (χ0n) is 29.0. The van der Waals surface area contributed by atoms with Gasteiger partial charge in [-0.1, -0.05) is 76.6 Å². The maximum absolute atomic E-state index is 11.5. The van der Waals surface area contributed by atoms with Crippen LogP contribution in [0.25, 0.3) is 11.3 Å². The molecular weight excluding hydrogens is 629 g/mol. The third-order valence-corrected chi connectivity index (χ3v) is 7.24. The summed E-state index contributed by atoms with van der Waals surface area (Å²) in [6.45, 7) is 17.3. The van der Waals surface area contributed by atoms with E-state index in [4.69, 9.17) is 26.4 Å². The molecule has 1 amide bonds. The van der Waals surface area contributed by atoms with Gasteiger partial charge in [-0.25, -0.2) is 0 Å². The summed E-state index contributed by atoms with van der Waals surface area (Å²) in [6.07, 6.45) is 2.66. The van der Waals surface area contributed by atoms with Gasteiger partial charge in [0.2, 0.25) is 0 Å². The quantitative estimate of drug-likeness (QED) is 0.0833. The first-order valence-corrected chi connectivity index (χ1v) is 16.3. The number of likely N-dealkylation sites (N-methyl/N-ethyl adjacent to an activating group) is 1. The van der Waals surface area contributed by atoms with Crippen molar-refractivity contribution in [3.8, 4) is 11.4 Å². The number of phenols is 1. The molecule has 0 spiro atoms. The third kappa shape index (κ3) is 13.1. The molecule has 5 N–H and O–H groups in total. The van der Waals surface area contributed by atoms with E-state index >= 15 is 0 Å². The Labute approximate surface area is 290 Å². The second kappa shape index (κ2) is 22.3. The fraction of sp³-hybridized carbons (Fsp3) is 0.333. The van der Waals surface area contributed by atoms with Crippen LogP contribution in [0.5, 0.6) is 5.75 Å². The molecule has 1 aromatic heterocycles. The highest BCUT2D eigenvalue weighted by Crippen LogP contribution is 2.32. The van der Waals surface area contributed by atoms with Crippen molar-refractivity contribution in [1.29, 1.82) is 0 Å². The number of phenolic OH excluding ortho intramolecular Hbond substituents is 1. The molecule has 4 rings (SSSR count). The molecule has 10 nitrogen and oxygen atoms in total. The van der Waals surface area contributed by atoms with Gasteiger partial charge in [-0.15, -0.1) is 10.2 Å². The summed E-state index contributed by atoms with van der Waals surface area (Å²) in [5.41, 5.74) is 4.37. The lowest BCUT2D eigenvalue weighted by atomic mass is 9.80. The number of rotatable bonds is 11. The largest absolute Gasteiger partial charge is 0.508 e. The number of carbonyl (C=O) groups is 2. The molecule has 1 unspecified atom stereocenters. The van der Waals surface area contributed by atoms with Crippen LogP contribution in [-0.2, 0) is 11.2 Å². The molecule has 4 aromatic rings. The number of halogens is 1. The van der Waals surface area contributed by atoms with Gasteiger partial charge < -0.3 is 30.6 Å². The van der Waals surface area contributed by atoms with E-state index in [1.165, 1.54) is 19.1 Å². The number of hydrogen-bond acceptors (Lipinski definition) is 8. The van der Waals surface area contributed by atoms with Crippen LogP contribution in [-0.4, -0.2) is 69.4 Å². The topological polar surface area (TPSA) is 150 Å². The number of amides is 1. The molecule has 0 aliphatic carbocycles. The lowest BCUT2D eigenvalue weighted by molar-refractivity contribution is -0.106. The molecular formula is C36H49BClN5O5. The lowest BCUT2D eigenvalue weighted by Crippen LogP contribution is -2.32. The number of hydrogen-bond donors (Lipinski definition) is 5. The van der Waals surface area contributed by atoms with Crippen LogP contribution in [0.3, 0.4) is 0 Å². The molecule has 0 bridgehead atoms. The van der Waals surface area contributed by atoms with Crippen molar-refractivity contribution in [3.63, 3.8) is 0 Å². The number of benzene rings is 3. The van der Waals surface area contributed by atoms with Gasteiger partial charge in [0.25, 0.3) is 5.91 Å². The highest BCUT2D eigenvalue weighted by molar-refractivity contribution is 6.58. The molecule has 0 saturated heterocycles. The highest BCUT2D eigenvalue weighted by atomic mass is 35.5. The van der Waals surface area contributed by atoms with Gasteiger partial charge in [0.15, 0.2) is 0 Å². The molecule has 0 fully saturated rings. The van der Waals surface area contributed by atoms with E-state index in [1.54, 1.807) is 24.3 Å². The first-order valence-electron chi connectivity index (χ1n) is 15.9. The van der Waals surface area contributed by atoms with E-state index in [0.29, 0.717) is 35.1 Å². The van der Waals surface area contributed by atoms with Gasteiger partial charge in [0.1, 0.15) is 23.7 Å². The van der Waals surface area contributed by atoms with Crippen molar-refractivity contribution in [3.05, 3.63) is 107 Å². The third-order valence-electron chi connectivity index (χ3n) is 6.99. The summed E-state index contributed by atoms with van der Waals surface area (Å²) >= 11 is 6.01. The Hall–Kier alpha value is -4.29. The monoisotopic (exact) mass is 677 g/mol. The zero-order valence-corrected chi connectivity index (χ0v) is 29.8. The molecule has 0 aliphatic rings. The SMILES string of the molecule is C=C(c1ccc(Cl)cc1)c1cc(O)ccc1-n1c(C)nnc1CC(C)CC.CC.CC=O.CNCCNC(=O)c1ccc(B(O)O)cc1. The Bertz CT molecular complexity index is 1560. The van der Waals surface area contributed by atoms with Gasteiger partial charge in [-0.3, -0.25) is 9.36 Å². The maximum Gasteiger partial charge on any atom is 0.488 e. The second-order valence-corrected chi connectivity index (χ2v) is 10.9. The fourth-order valence-corrected chi connectivity index (χ4v) is 4.41. The van der Waals surface area contributed by atoms with E-state index in [9.17, 15) is 9.90 Å². The number of aryl methyl sites for hydroxylation is 1. The molecule has 1 heterocycles. The Balaban J connectivity index is 0.000000467. The molecule has 12 heteroatoms. The van der Waals surface area contributed by atoms with Crippen molar-refractivity contribution < 1.29 is 24.7 Å². The average molecular weight is 678 g/mol. The van der Waals surface area contributed by atoms with Crippen molar-refractivity contribution in [2.24, 2.45) is 5.92 Å². The molecule has 0 aliphatic heterocycles. The molecule has 0 radical (unpaired) electrons. The van der Waals surface area contributed by atoms with Crippen molar-refractivity contribution in [1.82, 2.24) is 25.4 Å². The van der Waals surface area contributed by atoms with Crippen LogP contribution >= 0.6 is 11.6 Å². The molecule has 258 valence electrons. The van der Waals surface area contributed by atoms with Crippen molar-refractivity contribution in [2.75, 3.05) is 20.1 Å². The molecule has 1 atom stereocenters. The minimum atomic E-state index is -1.50. The van der Waals surface area contributed by atoms with Crippen molar-refractivity contribution >= 4 is 41.9 Å². The van der Waals surface area contributed by atoms with Crippen LogP contribution in [0.1, 0.15) is 74.2 Å². The summed E-state index contributed by atoms with van der Waals surface area (Å²) in [4.78, 5) is 20.3. The normalized spacial score (nSPS) is 10.5. The number of aromatic hydroxyl groups is 1. The maximum atomic E-state index is 11.5. The average Bonchev–Trinajstić information content (AvgIpc) is 3.45. The molecule has 0 saturated carbocycles. The summed E-state index contributed by atoms with van der Waals surface area (Å²) in [7, 11) is 0.310. The summed E-state index contributed by atoms with van der Waals surface area (Å²) in [5.74, 6) is 2.25. The summed E-state index contributed by atoms with van der Waals surface area (Å²) in [6, 6.07) is 19.0. The van der Waals surface area contributed by atoms with Crippen LogP contribution in [0.4, 0.5) is 0 Å². The number of aldehydes is 1. The van der Waals surface area contributed by atoms with Gasteiger partial charge >= 0.3 is 7.12 Å². The number of aromatic nitrogens is 3. The van der Waals surface area contributed by atoms with E-state index in [1.807, 2.05) is 58.2 Å². The van der Waals surface area contributed by atoms with Crippen LogP contribution in [0.2, 0.25) is 5.02 Å². The smallest absolute Gasteiger partial charge is 0.488 e. The van der Waals surface area contributed by atoms with Crippen LogP contribution in [0.15, 0.2) is 73.3 Å². The number of carbonyl (C=O) groups excluding carboxylic acids is 2. The zero-order chi connectivity index (χ0) is 36.2. The predicted molar refractivity (Wildman–Crippen MR) is 196 cm³/mol. The van der Waals surface area contributed by atoms with Gasteiger partial charge in [-0.05, 0) is 85.9 Å². The lowest BCUT2D eigenvalue weighted by Gasteiger charge is -2.17. The van der Waals surface area contributed by atoms with E-state index in [0.717, 1.165) is 53.2 Å².